The maximum Gasteiger partial charge on any atom is 0.236 e. The molecule has 0 saturated heterocycles. The van der Waals surface area contributed by atoms with Gasteiger partial charge in [0.15, 0.2) is 0 Å². The lowest BCUT2D eigenvalue weighted by atomic mass is 10.3. The average Bonchev–Trinajstić information content (AvgIpc) is 3.25. The van der Waals surface area contributed by atoms with Crippen LogP contribution in [0.25, 0.3) is 0 Å². The van der Waals surface area contributed by atoms with Crippen molar-refractivity contribution >= 4 is 5.91 Å². The number of rotatable bonds is 8. The predicted octanol–water partition coefficient (Wildman–Crippen LogP) is 1.66. The number of nitrogens with zero attached hydrogens (tertiary/aromatic N) is 1. The molecule has 1 aromatic carbocycles. The van der Waals surface area contributed by atoms with Crippen LogP contribution >= 0.6 is 0 Å². The maximum atomic E-state index is 12.7. The Morgan fingerprint density at radius 1 is 1.40 bits per heavy atom. The molecule has 4 nitrogen and oxygen atoms in total. The standard InChI is InChI=1S/C15H21FN2O2/c1-18(15(19)11-17-10-12-2-3-12)8-9-20-14-6-4-13(16)5-7-14/h4-7,12,17H,2-3,8-11H2,1H3. The van der Waals surface area contributed by atoms with Crippen molar-refractivity contribution in [2.75, 3.05) is 33.3 Å². The summed E-state index contributed by atoms with van der Waals surface area (Å²) in [6, 6.07) is 5.86. The minimum Gasteiger partial charge on any atom is -0.492 e. The molecule has 0 heterocycles. The van der Waals surface area contributed by atoms with Crippen molar-refractivity contribution in [3.05, 3.63) is 30.1 Å². The molecule has 0 spiro atoms. The second kappa shape index (κ2) is 7.24. The minimum absolute atomic E-state index is 0.0633. The lowest BCUT2D eigenvalue weighted by Crippen LogP contribution is -2.38. The van der Waals surface area contributed by atoms with Crippen molar-refractivity contribution in [3.63, 3.8) is 0 Å². The number of amides is 1. The summed E-state index contributed by atoms with van der Waals surface area (Å²) in [7, 11) is 1.76. The van der Waals surface area contributed by atoms with Gasteiger partial charge in [-0.15, -0.1) is 0 Å². The van der Waals surface area contributed by atoms with E-state index < -0.39 is 0 Å². The Morgan fingerprint density at radius 3 is 2.75 bits per heavy atom. The fraction of sp³-hybridized carbons (Fsp3) is 0.533. The zero-order chi connectivity index (χ0) is 14.4. The normalized spacial score (nSPS) is 14.1. The molecule has 0 aliphatic heterocycles. The molecule has 0 aromatic heterocycles. The van der Waals surface area contributed by atoms with E-state index in [1.807, 2.05) is 0 Å². The summed E-state index contributed by atoms with van der Waals surface area (Å²) in [5.41, 5.74) is 0. The van der Waals surface area contributed by atoms with Crippen molar-refractivity contribution in [1.29, 1.82) is 0 Å². The van der Waals surface area contributed by atoms with Crippen LogP contribution in [0.2, 0.25) is 0 Å². The van der Waals surface area contributed by atoms with Crippen LogP contribution in [0.3, 0.4) is 0 Å². The van der Waals surface area contributed by atoms with Gasteiger partial charge in [0, 0.05) is 7.05 Å². The fourth-order valence-electron chi connectivity index (χ4n) is 1.80. The number of hydrogen-bond donors (Lipinski definition) is 1. The molecule has 0 bridgehead atoms. The van der Waals surface area contributed by atoms with Crippen molar-refractivity contribution in [1.82, 2.24) is 10.2 Å². The third-order valence-corrected chi connectivity index (χ3v) is 3.34. The first-order chi connectivity index (χ1) is 9.65. The molecule has 1 saturated carbocycles. The van der Waals surface area contributed by atoms with Crippen molar-refractivity contribution in [2.45, 2.75) is 12.8 Å². The Kier molecular flexibility index (Phi) is 5.35. The maximum absolute atomic E-state index is 12.7. The highest BCUT2D eigenvalue weighted by atomic mass is 19.1. The Hall–Kier alpha value is -1.62. The second-order valence-electron chi connectivity index (χ2n) is 5.19. The molecular weight excluding hydrogens is 259 g/mol. The number of hydrogen-bond acceptors (Lipinski definition) is 3. The molecule has 1 N–H and O–H groups in total. The lowest BCUT2D eigenvalue weighted by Gasteiger charge is -2.17. The fourth-order valence-corrected chi connectivity index (χ4v) is 1.80. The third-order valence-electron chi connectivity index (χ3n) is 3.34. The molecule has 1 aromatic rings. The van der Waals surface area contributed by atoms with Gasteiger partial charge in [-0.2, -0.15) is 0 Å². The van der Waals surface area contributed by atoms with Gasteiger partial charge >= 0.3 is 0 Å². The molecule has 1 aliphatic carbocycles. The number of nitrogens with one attached hydrogen (secondary N) is 1. The molecule has 5 heteroatoms. The molecule has 110 valence electrons. The smallest absolute Gasteiger partial charge is 0.236 e. The number of likely N-dealkylation sites (N-methyl/N-ethyl adjacent to an activating group) is 1. The first-order valence-corrected chi connectivity index (χ1v) is 6.98. The van der Waals surface area contributed by atoms with Gasteiger partial charge in [-0.3, -0.25) is 4.79 Å². The quantitative estimate of drug-likeness (QED) is 0.787. The summed E-state index contributed by atoms with van der Waals surface area (Å²) in [5, 5.41) is 3.17. The third kappa shape index (κ3) is 5.17. The molecule has 1 fully saturated rings. The van der Waals surface area contributed by atoms with Crippen LogP contribution in [0.5, 0.6) is 5.75 Å². The molecule has 0 atom stereocenters. The van der Waals surface area contributed by atoms with Crippen LogP contribution in [-0.2, 0) is 4.79 Å². The largest absolute Gasteiger partial charge is 0.492 e. The molecule has 1 amide bonds. The van der Waals surface area contributed by atoms with E-state index in [-0.39, 0.29) is 11.7 Å². The molecule has 0 radical (unpaired) electrons. The number of carbonyl (C=O) groups excluding carboxylic acids is 1. The summed E-state index contributed by atoms with van der Waals surface area (Å²) < 4.78 is 18.2. The van der Waals surface area contributed by atoms with E-state index in [1.165, 1.54) is 25.0 Å². The number of ether oxygens (including phenoxy) is 1. The number of benzene rings is 1. The number of carbonyl (C=O) groups is 1. The van der Waals surface area contributed by atoms with Gasteiger partial charge in [0.25, 0.3) is 0 Å². The lowest BCUT2D eigenvalue weighted by molar-refractivity contribution is -0.129. The molecule has 20 heavy (non-hydrogen) atoms. The predicted molar refractivity (Wildman–Crippen MR) is 75.1 cm³/mol. The molecule has 2 rings (SSSR count). The SMILES string of the molecule is CN(CCOc1ccc(F)cc1)C(=O)CNCC1CC1. The van der Waals surface area contributed by atoms with Crippen LogP contribution in [0.1, 0.15) is 12.8 Å². The Bertz CT molecular complexity index is 432. The Morgan fingerprint density at radius 2 is 2.10 bits per heavy atom. The van der Waals surface area contributed by atoms with Crippen LogP contribution in [0.15, 0.2) is 24.3 Å². The van der Waals surface area contributed by atoms with Gasteiger partial charge in [0.2, 0.25) is 5.91 Å². The summed E-state index contributed by atoms with van der Waals surface area (Å²) in [5.74, 6) is 1.16. The van der Waals surface area contributed by atoms with Gasteiger partial charge in [-0.05, 0) is 49.6 Å². The summed E-state index contributed by atoms with van der Waals surface area (Å²) in [4.78, 5) is 13.4. The van der Waals surface area contributed by atoms with Gasteiger partial charge in [-0.25, -0.2) is 4.39 Å². The Labute approximate surface area is 118 Å². The Balaban J connectivity index is 1.59. The highest BCUT2D eigenvalue weighted by Crippen LogP contribution is 2.27. The first kappa shape index (κ1) is 14.8. The zero-order valence-electron chi connectivity index (χ0n) is 11.8. The van der Waals surface area contributed by atoms with E-state index in [2.05, 4.69) is 5.32 Å². The molecule has 1 aliphatic rings. The van der Waals surface area contributed by atoms with E-state index in [9.17, 15) is 9.18 Å². The van der Waals surface area contributed by atoms with E-state index in [0.717, 1.165) is 12.5 Å². The monoisotopic (exact) mass is 280 g/mol. The zero-order valence-corrected chi connectivity index (χ0v) is 11.8. The summed E-state index contributed by atoms with van der Waals surface area (Å²) >= 11 is 0. The van der Waals surface area contributed by atoms with Crippen molar-refractivity contribution < 1.29 is 13.9 Å². The van der Waals surface area contributed by atoms with E-state index in [1.54, 1.807) is 24.1 Å². The highest BCUT2D eigenvalue weighted by molar-refractivity contribution is 5.77. The second-order valence-corrected chi connectivity index (χ2v) is 5.19. The van der Waals surface area contributed by atoms with Crippen LogP contribution < -0.4 is 10.1 Å². The highest BCUT2D eigenvalue weighted by Gasteiger charge is 2.20. The van der Waals surface area contributed by atoms with E-state index in [0.29, 0.717) is 25.4 Å². The van der Waals surface area contributed by atoms with Crippen molar-refractivity contribution in [2.24, 2.45) is 5.92 Å². The van der Waals surface area contributed by atoms with Gasteiger partial charge in [0.1, 0.15) is 18.2 Å². The van der Waals surface area contributed by atoms with Crippen molar-refractivity contribution in [3.8, 4) is 5.75 Å². The topological polar surface area (TPSA) is 41.6 Å². The van der Waals surface area contributed by atoms with E-state index in [4.69, 9.17) is 4.74 Å². The number of halogens is 1. The van der Waals surface area contributed by atoms with Crippen LogP contribution in [0.4, 0.5) is 4.39 Å². The average molecular weight is 280 g/mol. The van der Waals surface area contributed by atoms with Gasteiger partial charge < -0.3 is 15.0 Å². The van der Waals surface area contributed by atoms with Crippen LogP contribution in [-0.4, -0.2) is 44.1 Å². The van der Waals surface area contributed by atoms with Crippen LogP contribution in [0, 0.1) is 11.7 Å². The van der Waals surface area contributed by atoms with E-state index >= 15 is 0 Å². The summed E-state index contributed by atoms with van der Waals surface area (Å²) in [6.45, 7) is 2.23. The molecule has 0 unspecified atom stereocenters. The minimum atomic E-state index is -0.286. The van der Waals surface area contributed by atoms with Gasteiger partial charge in [-0.1, -0.05) is 0 Å². The first-order valence-electron chi connectivity index (χ1n) is 6.98. The molecular formula is C15H21FN2O2. The summed E-state index contributed by atoms with van der Waals surface area (Å²) in [6.07, 6.45) is 2.56. The van der Waals surface area contributed by atoms with Gasteiger partial charge in [0.05, 0.1) is 13.1 Å².